The van der Waals surface area contributed by atoms with Gasteiger partial charge in [0.25, 0.3) is 11.8 Å². The highest BCUT2D eigenvalue weighted by molar-refractivity contribution is 5.98. The molecule has 0 aliphatic rings. The Balaban J connectivity index is 1.45. The van der Waals surface area contributed by atoms with E-state index in [2.05, 4.69) is 21.3 Å². The molecule has 3 aromatic rings. The number of rotatable bonds is 11. The van der Waals surface area contributed by atoms with Gasteiger partial charge in [-0.1, -0.05) is 6.07 Å². The zero-order valence-electron chi connectivity index (χ0n) is 18.2. The number of hydrogen-bond donors (Lipinski definition) is 4. The lowest BCUT2D eigenvalue weighted by atomic mass is 10.2. The van der Waals surface area contributed by atoms with Gasteiger partial charge in [-0.2, -0.15) is 0 Å². The Morgan fingerprint density at radius 1 is 0.879 bits per heavy atom. The van der Waals surface area contributed by atoms with Crippen LogP contribution in [-0.4, -0.2) is 44.5 Å². The zero-order valence-corrected chi connectivity index (χ0v) is 18.2. The molecule has 172 valence electrons. The molecular formula is C24H26N4O5. The first-order valence-electron chi connectivity index (χ1n) is 10.4. The number of carbonyl (C=O) groups is 3. The van der Waals surface area contributed by atoms with Crippen molar-refractivity contribution in [3.05, 3.63) is 83.8 Å². The van der Waals surface area contributed by atoms with Gasteiger partial charge in [-0.3, -0.25) is 14.4 Å². The lowest BCUT2D eigenvalue weighted by molar-refractivity contribution is -0.114. The summed E-state index contributed by atoms with van der Waals surface area (Å²) in [5.74, 6) is -0.0616. The third kappa shape index (κ3) is 7.51. The summed E-state index contributed by atoms with van der Waals surface area (Å²) >= 11 is 0. The summed E-state index contributed by atoms with van der Waals surface area (Å²) in [6.45, 7) is 1.15. The second-order valence-electron chi connectivity index (χ2n) is 7.07. The third-order valence-corrected chi connectivity index (χ3v) is 4.60. The van der Waals surface area contributed by atoms with Crippen LogP contribution in [-0.2, 0) is 16.1 Å². The number of amides is 3. The van der Waals surface area contributed by atoms with Crippen LogP contribution in [0.5, 0.6) is 0 Å². The van der Waals surface area contributed by atoms with E-state index in [1.807, 2.05) is 0 Å². The second kappa shape index (κ2) is 12.1. The minimum Gasteiger partial charge on any atom is -0.467 e. The molecule has 0 fully saturated rings. The van der Waals surface area contributed by atoms with Crippen molar-refractivity contribution in [1.29, 1.82) is 0 Å². The molecule has 0 spiro atoms. The van der Waals surface area contributed by atoms with Crippen molar-refractivity contribution >= 4 is 29.1 Å². The number of hydrogen-bond acceptors (Lipinski definition) is 6. The third-order valence-electron chi connectivity index (χ3n) is 4.60. The average Bonchev–Trinajstić information content (AvgIpc) is 3.35. The van der Waals surface area contributed by atoms with Gasteiger partial charge in [0.15, 0.2) is 0 Å². The second-order valence-corrected chi connectivity index (χ2v) is 7.07. The smallest absolute Gasteiger partial charge is 0.251 e. The fourth-order valence-electron chi connectivity index (χ4n) is 2.92. The molecule has 3 rings (SSSR count). The molecule has 0 aliphatic carbocycles. The fourth-order valence-corrected chi connectivity index (χ4v) is 2.92. The van der Waals surface area contributed by atoms with E-state index in [0.29, 0.717) is 48.0 Å². The summed E-state index contributed by atoms with van der Waals surface area (Å²) in [6, 6.07) is 17.0. The average molecular weight is 450 g/mol. The Labute approximate surface area is 191 Å². The van der Waals surface area contributed by atoms with E-state index >= 15 is 0 Å². The van der Waals surface area contributed by atoms with Crippen molar-refractivity contribution in [2.24, 2.45) is 0 Å². The van der Waals surface area contributed by atoms with Crippen LogP contribution >= 0.6 is 0 Å². The van der Waals surface area contributed by atoms with Gasteiger partial charge in [-0.15, -0.1) is 0 Å². The molecule has 0 saturated heterocycles. The summed E-state index contributed by atoms with van der Waals surface area (Å²) in [4.78, 5) is 36.6. The number of furan rings is 1. The van der Waals surface area contributed by atoms with Crippen LogP contribution in [0, 0.1) is 0 Å². The molecular weight excluding hydrogens is 424 g/mol. The van der Waals surface area contributed by atoms with Gasteiger partial charge in [-0.05, 0) is 54.6 Å². The monoisotopic (exact) mass is 450 g/mol. The summed E-state index contributed by atoms with van der Waals surface area (Å²) < 4.78 is 10.1. The van der Waals surface area contributed by atoms with Crippen LogP contribution in [0.25, 0.3) is 0 Å². The van der Waals surface area contributed by atoms with Gasteiger partial charge >= 0.3 is 0 Å². The van der Waals surface area contributed by atoms with E-state index in [1.54, 1.807) is 74.0 Å². The molecule has 0 saturated carbocycles. The summed E-state index contributed by atoms with van der Waals surface area (Å²) in [5.41, 5.74) is 2.15. The van der Waals surface area contributed by atoms with Gasteiger partial charge in [0, 0.05) is 36.2 Å². The Kier molecular flexibility index (Phi) is 8.61. The van der Waals surface area contributed by atoms with E-state index in [9.17, 15) is 14.4 Å². The first kappa shape index (κ1) is 23.6. The van der Waals surface area contributed by atoms with E-state index in [0.717, 1.165) is 0 Å². The van der Waals surface area contributed by atoms with Gasteiger partial charge in [0.05, 0.1) is 26.0 Å². The number of anilines is 2. The normalized spacial score (nSPS) is 10.3. The Hall–Kier alpha value is -4.11. The molecule has 0 radical (unpaired) electrons. The van der Waals surface area contributed by atoms with Gasteiger partial charge in [-0.25, -0.2) is 0 Å². The molecule has 1 heterocycles. The van der Waals surface area contributed by atoms with E-state index in [4.69, 9.17) is 9.15 Å². The largest absolute Gasteiger partial charge is 0.467 e. The fraction of sp³-hybridized carbons (Fsp3) is 0.208. The minimum absolute atomic E-state index is 0.0221. The minimum atomic E-state index is -0.271. The highest BCUT2D eigenvalue weighted by Crippen LogP contribution is 2.12. The number of carbonyl (C=O) groups excluding carboxylic acids is 3. The lowest BCUT2D eigenvalue weighted by Gasteiger charge is -2.10. The van der Waals surface area contributed by atoms with E-state index in [1.165, 1.54) is 0 Å². The van der Waals surface area contributed by atoms with Crippen LogP contribution in [0.1, 0.15) is 26.5 Å². The van der Waals surface area contributed by atoms with Crippen LogP contribution in [0.3, 0.4) is 0 Å². The Morgan fingerprint density at radius 2 is 1.67 bits per heavy atom. The van der Waals surface area contributed by atoms with Gasteiger partial charge in [0.2, 0.25) is 5.91 Å². The molecule has 1 aromatic heterocycles. The predicted molar refractivity (Wildman–Crippen MR) is 124 cm³/mol. The van der Waals surface area contributed by atoms with Crippen molar-refractivity contribution < 1.29 is 23.5 Å². The van der Waals surface area contributed by atoms with Gasteiger partial charge < -0.3 is 30.4 Å². The number of nitrogens with one attached hydrogen (secondary N) is 4. The molecule has 0 bridgehead atoms. The molecule has 0 atom stereocenters. The zero-order chi connectivity index (χ0) is 23.5. The molecule has 9 nitrogen and oxygen atoms in total. The SMILES string of the molecule is COCCNC(=O)c1cccc(NC(=O)CNc2ccc(C(=O)NCc3ccco3)cc2)c1. The molecule has 2 aromatic carbocycles. The molecule has 9 heteroatoms. The standard InChI is InChI=1S/C24H26N4O5/c1-32-13-11-25-24(31)18-4-2-5-20(14-18)28-22(29)16-26-19-9-7-17(8-10-19)23(30)27-15-21-6-3-12-33-21/h2-10,12,14,26H,11,13,15-16H2,1H3,(H,25,31)(H,27,30)(H,28,29). The number of benzene rings is 2. The van der Waals surface area contributed by atoms with Crippen molar-refractivity contribution in [3.63, 3.8) is 0 Å². The molecule has 3 amide bonds. The van der Waals surface area contributed by atoms with Crippen LogP contribution in [0.15, 0.2) is 71.3 Å². The molecule has 4 N–H and O–H groups in total. The lowest BCUT2D eigenvalue weighted by Crippen LogP contribution is -2.27. The maximum atomic E-state index is 12.3. The number of methoxy groups -OCH3 is 1. The van der Waals surface area contributed by atoms with Crippen LogP contribution in [0.2, 0.25) is 0 Å². The molecule has 33 heavy (non-hydrogen) atoms. The van der Waals surface area contributed by atoms with Gasteiger partial charge in [0.1, 0.15) is 5.76 Å². The Morgan fingerprint density at radius 3 is 2.39 bits per heavy atom. The maximum absolute atomic E-state index is 12.3. The Bertz CT molecular complexity index is 1060. The van der Waals surface area contributed by atoms with Crippen molar-refractivity contribution in [2.45, 2.75) is 6.54 Å². The van der Waals surface area contributed by atoms with Crippen LogP contribution < -0.4 is 21.3 Å². The van der Waals surface area contributed by atoms with Crippen LogP contribution in [0.4, 0.5) is 11.4 Å². The van der Waals surface area contributed by atoms with Crippen molar-refractivity contribution in [1.82, 2.24) is 10.6 Å². The highest BCUT2D eigenvalue weighted by Gasteiger charge is 2.09. The predicted octanol–water partition coefficient (Wildman–Crippen LogP) is 2.64. The van der Waals surface area contributed by atoms with Crippen molar-refractivity contribution in [2.75, 3.05) is 37.4 Å². The quantitative estimate of drug-likeness (QED) is 0.333. The highest BCUT2D eigenvalue weighted by atomic mass is 16.5. The summed E-state index contributed by atoms with van der Waals surface area (Å²) in [7, 11) is 1.56. The van der Waals surface area contributed by atoms with E-state index in [-0.39, 0.29) is 24.3 Å². The maximum Gasteiger partial charge on any atom is 0.251 e. The number of ether oxygens (including phenoxy) is 1. The first-order valence-corrected chi connectivity index (χ1v) is 10.4. The van der Waals surface area contributed by atoms with Crippen molar-refractivity contribution in [3.8, 4) is 0 Å². The topological polar surface area (TPSA) is 122 Å². The first-order chi connectivity index (χ1) is 16.0. The summed E-state index contributed by atoms with van der Waals surface area (Å²) in [5, 5.41) is 11.3. The molecule has 0 aliphatic heterocycles. The summed E-state index contributed by atoms with van der Waals surface area (Å²) in [6.07, 6.45) is 1.55. The molecule has 0 unspecified atom stereocenters. The van der Waals surface area contributed by atoms with E-state index < -0.39 is 0 Å².